The molecule has 1 atom stereocenters. The number of nitrogens with zero attached hydrogens (tertiary/aromatic N) is 1. The largest absolute Gasteiger partial charge is 0.496 e. The van der Waals surface area contributed by atoms with Crippen LogP contribution in [0.25, 0.3) is 0 Å². The summed E-state index contributed by atoms with van der Waals surface area (Å²) in [6.45, 7) is 1.18. The van der Waals surface area contributed by atoms with Crippen molar-refractivity contribution in [1.82, 2.24) is 10.2 Å². The second kappa shape index (κ2) is 7.02. The Morgan fingerprint density at radius 1 is 1.30 bits per heavy atom. The van der Waals surface area contributed by atoms with Crippen LogP contribution in [0.5, 0.6) is 5.75 Å². The molecule has 1 N–H and O–H groups in total. The van der Waals surface area contributed by atoms with E-state index in [1.165, 1.54) is 0 Å². The minimum Gasteiger partial charge on any atom is -0.496 e. The molecule has 0 unspecified atom stereocenters. The average molecular weight is 316 g/mol. The number of amides is 2. The second-order valence-electron chi connectivity index (χ2n) is 6.37. The highest BCUT2D eigenvalue weighted by atomic mass is 16.5. The zero-order valence-electron chi connectivity index (χ0n) is 13.6. The molecule has 1 aliphatic heterocycles. The topological polar surface area (TPSA) is 58.6 Å². The number of hydrogen-bond acceptors (Lipinski definition) is 3. The van der Waals surface area contributed by atoms with Gasteiger partial charge in [-0.3, -0.25) is 9.59 Å². The van der Waals surface area contributed by atoms with Crippen molar-refractivity contribution in [3.05, 3.63) is 29.8 Å². The number of methoxy groups -OCH3 is 1. The third-order valence-corrected chi connectivity index (χ3v) is 4.69. The van der Waals surface area contributed by atoms with Crippen LogP contribution in [-0.4, -0.2) is 43.0 Å². The van der Waals surface area contributed by atoms with Gasteiger partial charge in [0, 0.05) is 25.6 Å². The molecule has 0 radical (unpaired) electrons. The predicted molar refractivity (Wildman–Crippen MR) is 87.2 cm³/mol. The fourth-order valence-corrected chi connectivity index (χ4v) is 3.20. The van der Waals surface area contributed by atoms with Crippen molar-refractivity contribution in [2.45, 2.75) is 38.1 Å². The maximum absolute atomic E-state index is 12.4. The molecule has 5 nitrogen and oxygen atoms in total. The number of carbonyl (C=O) groups is 2. The fourth-order valence-electron chi connectivity index (χ4n) is 3.20. The molecule has 0 aromatic heterocycles. The molecule has 0 bridgehead atoms. The first-order chi connectivity index (χ1) is 11.2. The number of nitrogens with one attached hydrogen (secondary N) is 1. The van der Waals surface area contributed by atoms with E-state index in [2.05, 4.69) is 5.32 Å². The number of benzene rings is 1. The molecular weight excluding hydrogens is 292 g/mol. The number of carbonyl (C=O) groups excluding carboxylic acids is 2. The predicted octanol–water partition coefficient (Wildman–Crippen LogP) is 1.75. The van der Waals surface area contributed by atoms with Gasteiger partial charge in [-0.25, -0.2) is 0 Å². The molecule has 124 valence electrons. The zero-order valence-corrected chi connectivity index (χ0v) is 13.6. The molecule has 5 heteroatoms. The van der Waals surface area contributed by atoms with Gasteiger partial charge in [0.25, 0.3) is 0 Å². The van der Waals surface area contributed by atoms with Gasteiger partial charge in [-0.2, -0.15) is 0 Å². The van der Waals surface area contributed by atoms with Crippen molar-refractivity contribution in [3.8, 4) is 5.75 Å². The Morgan fingerprint density at radius 2 is 2.09 bits per heavy atom. The van der Waals surface area contributed by atoms with Crippen molar-refractivity contribution < 1.29 is 14.3 Å². The standard InChI is InChI=1S/C18H24N2O3/c1-23-16-5-3-2-4-13(16)10-11-19-18(22)14-6-9-17(21)20(12-14)15-7-8-15/h2-5,14-15H,6-12H2,1H3,(H,19,22)/t14-/m0/s1. The molecule has 1 aliphatic carbocycles. The molecule has 1 saturated heterocycles. The Hall–Kier alpha value is -2.04. The Kier molecular flexibility index (Phi) is 4.84. The monoisotopic (exact) mass is 316 g/mol. The molecule has 2 fully saturated rings. The molecule has 1 heterocycles. The van der Waals surface area contributed by atoms with E-state index in [4.69, 9.17) is 4.74 Å². The molecule has 0 spiro atoms. The van der Waals surface area contributed by atoms with Crippen molar-refractivity contribution in [3.63, 3.8) is 0 Å². The summed E-state index contributed by atoms with van der Waals surface area (Å²) in [7, 11) is 1.66. The van der Waals surface area contributed by atoms with Crippen LogP contribution >= 0.6 is 0 Å². The molecule has 1 aromatic carbocycles. The van der Waals surface area contributed by atoms with Gasteiger partial charge in [0.2, 0.25) is 11.8 Å². The highest BCUT2D eigenvalue weighted by Gasteiger charge is 2.38. The van der Waals surface area contributed by atoms with Crippen LogP contribution in [0.2, 0.25) is 0 Å². The number of piperidine rings is 1. The lowest BCUT2D eigenvalue weighted by molar-refractivity contribution is -0.138. The molecule has 23 heavy (non-hydrogen) atoms. The third kappa shape index (κ3) is 3.84. The lowest BCUT2D eigenvalue weighted by Gasteiger charge is -2.32. The Morgan fingerprint density at radius 3 is 2.83 bits per heavy atom. The number of para-hydroxylation sites is 1. The SMILES string of the molecule is COc1ccccc1CCNC(=O)[C@H]1CCC(=O)N(C2CC2)C1. The van der Waals surface area contributed by atoms with Crippen LogP contribution in [0.1, 0.15) is 31.2 Å². The van der Waals surface area contributed by atoms with Gasteiger partial charge >= 0.3 is 0 Å². The van der Waals surface area contributed by atoms with Gasteiger partial charge in [0.1, 0.15) is 5.75 Å². The minimum absolute atomic E-state index is 0.0639. The summed E-state index contributed by atoms with van der Waals surface area (Å²) in [5.74, 6) is 1.07. The number of hydrogen-bond donors (Lipinski definition) is 1. The number of rotatable bonds is 6. The molecule has 1 saturated carbocycles. The summed E-state index contributed by atoms with van der Waals surface area (Å²) in [5, 5.41) is 3.01. The van der Waals surface area contributed by atoms with E-state index in [9.17, 15) is 9.59 Å². The maximum Gasteiger partial charge on any atom is 0.224 e. The third-order valence-electron chi connectivity index (χ3n) is 4.69. The van der Waals surface area contributed by atoms with E-state index in [1.54, 1.807) is 7.11 Å². The van der Waals surface area contributed by atoms with Gasteiger partial charge in [-0.05, 0) is 37.3 Å². The van der Waals surface area contributed by atoms with E-state index in [0.29, 0.717) is 32.0 Å². The first-order valence-electron chi connectivity index (χ1n) is 8.38. The normalized spacial score (nSPS) is 21.2. The van der Waals surface area contributed by atoms with E-state index < -0.39 is 0 Å². The average Bonchev–Trinajstić information content (AvgIpc) is 3.40. The molecule has 1 aromatic rings. The highest BCUT2D eigenvalue weighted by molar-refractivity contribution is 5.84. The van der Waals surface area contributed by atoms with Crippen molar-refractivity contribution in [2.75, 3.05) is 20.2 Å². The van der Waals surface area contributed by atoms with E-state index in [1.807, 2.05) is 29.2 Å². The maximum atomic E-state index is 12.4. The second-order valence-corrected chi connectivity index (χ2v) is 6.37. The van der Waals surface area contributed by atoms with Gasteiger partial charge in [0.05, 0.1) is 13.0 Å². The molecule has 2 aliphatic rings. The fraction of sp³-hybridized carbons (Fsp3) is 0.556. The number of likely N-dealkylation sites (tertiary alicyclic amines) is 1. The number of ether oxygens (including phenoxy) is 1. The first-order valence-corrected chi connectivity index (χ1v) is 8.38. The quantitative estimate of drug-likeness (QED) is 0.870. The van der Waals surface area contributed by atoms with Crippen LogP contribution < -0.4 is 10.1 Å². The van der Waals surface area contributed by atoms with Crippen molar-refractivity contribution >= 4 is 11.8 Å². The Labute approximate surface area is 137 Å². The van der Waals surface area contributed by atoms with Gasteiger partial charge in [-0.1, -0.05) is 18.2 Å². The zero-order chi connectivity index (χ0) is 16.2. The summed E-state index contributed by atoms with van der Waals surface area (Å²) in [5.41, 5.74) is 1.09. The van der Waals surface area contributed by atoms with Crippen molar-refractivity contribution in [2.24, 2.45) is 5.92 Å². The van der Waals surface area contributed by atoms with E-state index >= 15 is 0 Å². The summed E-state index contributed by atoms with van der Waals surface area (Å²) in [6, 6.07) is 8.25. The summed E-state index contributed by atoms with van der Waals surface area (Å²) in [4.78, 5) is 26.2. The molecular formula is C18H24N2O3. The summed E-state index contributed by atoms with van der Waals surface area (Å²) in [6.07, 6.45) is 4.10. The van der Waals surface area contributed by atoms with Gasteiger partial charge < -0.3 is 15.0 Å². The summed E-state index contributed by atoms with van der Waals surface area (Å²) < 4.78 is 5.32. The van der Waals surface area contributed by atoms with Gasteiger partial charge in [-0.15, -0.1) is 0 Å². The minimum atomic E-state index is -0.0639. The van der Waals surface area contributed by atoms with Crippen LogP contribution in [0.4, 0.5) is 0 Å². The summed E-state index contributed by atoms with van der Waals surface area (Å²) >= 11 is 0. The smallest absolute Gasteiger partial charge is 0.224 e. The first kappa shape index (κ1) is 15.8. The Bertz CT molecular complexity index is 583. The van der Waals surface area contributed by atoms with E-state index in [0.717, 1.165) is 30.6 Å². The Balaban J connectivity index is 1.48. The molecule has 2 amide bonds. The highest BCUT2D eigenvalue weighted by Crippen LogP contribution is 2.31. The van der Waals surface area contributed by atoms with Crippen LogP contribution in [0.3, 0.4) is 0 Å². The van der Waals surface area contributed by atoms with Crippen LogP contribution in [0, 0.1) is 5.92 Å². The van der Waals surface area contributed by atoms with E-state index in [-0.39, 0.29) is 17.7 Å². The lowest BCUT2D eigenvalue weighted by Crippen LogP contribution is -2.46. The van der Waals surface area contributed by atoms with Gasteiger partial charge in [0.15, 0.2) is 0 Å². The lowest BCUT2D eigenvalue weighted by atomic mass is 9.96. The molecule has 3 rings (SSSR count). The van der Waals surface area contributed by atoms with Crippen molar-refractivity contribution in [1.29, 1.82) is 0 Å². The van der Waals surface area contributed by atoms with Crippen LogP contribution in [-0.2, 0) is 16.0 Å². The van der Waals surface area contributed by atoms with Crippen LogP contribution in [0.15, 0.2) is 24.3 Å².